The Bertz CT molecular complexity index is 382. The van der Waals surface area contributed by atoms with Gasteiger partial charge in [-0.1, -0.05) is 6.07 Å². The molecule has 1 N–H and O–H groups in total. The summed E-state index contributed by atoms with van der Waals surface area (Å²) in [4.78, 5) is 11.9. The van der Waals surface area contributed by atoms with Gasteiger partial charge in [-0.2, -0.15) is 11.8 Å². The average Bonchev–Trinajstić information content (AvgIpc) is 2.28. The largest absolute Gasteiger partial charge is 0.352 e. The van der Waals surface area contributed by atoms with Gasteiger partial charge in [0.1, 0.15) is 0 Å². The van der Waals surface area contributed by atoms with E-state index < -0.39 is 0 Å². The van der Waals surface area contributed by atoms with E-state index in [-0.39, 0.29) is 5.91 Å². The van der Waals surface area contributed by atoms with E-state index in [0.717, 1.165) is 35.2 Å². The fourth-order valence-corrected chi connectivity index (χ4v) is 2.64. The summed E-state index contributed by atoms with van der Waals surface area (Å²) < 4.78 is 0.860. The van der Waals surface area contributed by atoms with Crippen molar-refractivity contribution < 1.29 is 4.79 Å². The van der Waals surface area contributed by atoms with Crippen LogP contribution in [0.1, 0.15) is 28.8 Å². The van der Waals surface area contributed by atoms with Gasteiger partial charge in [0.15, 0.2) is 0 Å². The number of nitrogens with one attached hydrogen (secondary N) is 1. The molecule has 17 heavy (non-hydrogen) atoms. The number of halogens is 1. The van der Waals surface area contributed by atoms with Gasteiger partial charge in [-0.15, -0.1) is 0 Å². The maximum Gasteiger partial charge on any atom is 0.252 e. The lowest BCUT2D eigenvalue weighted by Gasteiger charge is -2.07. The van der Waals surface area contributed by atoms with Crippen molar-refractivity contribution in [1.82, 2.24) is 5.32 Å². The third-order valence-electron chi connectivity index (χ3n) is 2.43. The molecule has 0 spiro atoms. The van der Waals surface area contributed by atoms with Crippen molar-refractivity contribution in [3.05, 3.63) is 33.8 Å². The number of amides is 1. The summed E-state index contributed by atoms with van der Waals surface area (Å²) in [5.74, 6) is 1.16. The minimum Gasteiger partial charge on any atom is -0.352 e. The number of carbonyl (C=O) groups excluding carboxylic acids is 1. The van der Waals surface area contributed by atoms with Gasteiger partial charge in [0.05, 0.1) is 5.56 Å². The fourth-order valence-electron chi connectivity index (χ4n) is 1.47. The number of thioether (sulfide) groups is 1. The van der Waals surface area contributed by atoms with Crippen molar-refractivity contribution in [2.75, 3.05) is 18.6 Å². The minimum atomic E-state index is 0.000950. The van der Waals surface area contributed by atoms with Crippen LogP contribution in [0.25, 0.3) is 0 Å². The quantitative estimate of drug-likeness (QED) is 0.812. The molecule has 0 atom stereocenters. The number of benzene rings is 1. The molecule has 0 aliphatic carbocycles. The zero-order chi connectivity index (χ0) is 12.7. The van der Waals surface area contributed by atoms with E-state index in [2.05, 4.69) is 27.5 Å². The number of rotatable bonds is 6. The number of carbonyl (C=O) groups is 1. The van der Waals surface area contributed by atoms with Gasteiger partial charge in [0.2, 0.25) is 0 Å². The standard InChI is InChI=1S/C13H18BrNOS/c1-10-5-6-11(12(14)9-10)13(16)15-7-3-4-8-17-2/h5-6,9H,3-4,7-8H2,1-2H3,(H,15,16). The Balaban J connectivity index is 2.42. The second-order valence-electron chi connectivity index (χ2n) is 3.94. The van der Waals surface area contributed by atoms with Crippen LogP contribution in [0.3, 0.4) is 0 Å². The average molecular weight is 316 g/mol. The molecular weight excluding hydrogens is 298 g/mol. The van der Waals surface area contributed by atoms with Crippen LogP contribution in [0, 0.1) is 6.92 Å². The Kier molecular flexibility index (Phi) is 6.66. The van der Waals surface area contributed by atoms with E-state index in [1.54, 1.807) is 0 Å². The Hall–Kier alpha value is -0.480. The fraction of sp³-hybridized carbons (Fsp3) is 0.462. The summed E-state index contributed by atoms with van der Waals surface area (Å²) in [6.07, 6.45) is 4.29. The first-order valence-corrected chi connectivity index (χ1v) is 7.87. The molecule has 1 aromatic carbocycles. The molecular formula is C13H18BrNOS. The van der Waals surface area contributed by atoms with Crippen LogP contribution in [0.2, 0.25) is 0 Å². The van der Waals surface area contributed by atoms with Crippen LogP contribution in [-0.4, -0.2) is 24.5 Å². The second-order valence-corrected chi connectivity index (χ2v) is 5.78. The molecule has 0 aromatic heterocycles. The predicted octanol–water partition coefficient (Wildman–Crippen LogP) is 3.63. The summed E-state index contributed by atoms with van der Waals surface area (Å²) in [6, 6.07) is 5.77. The molecule has 1 rings (SSSR count). The Morgan fingerprint density at radius 3 is 2.82 bits per heavy atom. The first kappa shape index (κ1) is 14.6. The first-order valence-electron chi connectivity index (χ1n) is 5.68. The lowest BCUT2D eigenvalue weighted by atomic mass is 10.1. The molecule has 0 heterocycles. The molecule has 94 valence electrons. The number of unbranched alkanes of at least 4 members (excludes halogenated alkanes) is 1. The summed E-state index contributed by atoms with van der Waals surface area (Å²) in [5.41, 5.74) is 1.86. The Labute approximate surface area is 116 Å². The maximum absolute atomic E-state index is 11.9. The van der Waals surface area contributed by atoms with Gasteiger partial charge in [-0.05, 0) is 65.4 Å². The molecule has 0 saturated carbocycles. The van der Waals surface area contributed by atoms with Crippen LogP contribution in [-0.2, 0) is 0 Å². The maximum atomic E-state index is 11.9. The Morgan fingerprint density at radius 2 is 2.18 bits per heavy atom. The van der Waals surface area contributed by atoms with Gasteiger partial charge in [-0.3, -0.25) is 4.79 Å². The van der Waals surface area contributed by atoms with Crippen LogP contribution in [0.15, 0.2) is 22.7 Å². The lowest BCUT2D eigenvalue weighted by Crippen LogP contribution is -2.24. The molecule has 0 aliphatic heterocycles. The highest BCUT2D eigenvalue weighted by Gasteiger charge is 2.08. The molecule has 1 amide bonds. The molecule has 2 nitrogen and oxygen atoms in total. The van der Waals surface area contributed by atoms with Crippen molar-refractivity contribution >= 4 is 33.6 Å². The minimum absolute atomic E-state index is 0.000950. The molecule has 1 aromatic rings. The van der Waals surface area contributed by atoms with Crippen LogP contribution in [0.5, 0.6) is 0 Å². The van der Waals surface area contributed by atoms with Crippen LogP contribution < -0.4 is 5.32 Å². The third kappa shape index (κ3) is 5.13. The number of hydrogen-bond acceptors (Lipinski definition) is 2. The highest BCUT2D eigenvalue weighted by Crippen LogP contribution is 2.18. The second kappa shape index (κ2) is 7.77. The van der Waals surface area contributed by atoms with E-state index in [0.29, 0.717) is 5.56 Å². The van der Waals surface area contributed by atoms with Crippen molar-refractivity contribution in [1.29, 1.82) is 0 Å². The summed E-state index contributed by atoms with van der Waals surface area (Å²) in [6.45, 7) is 2.76. The smallest absolute Gasteiger partial charge is 0.252 e. The van der Waals surface area contributed by atoms with Gasteiger partial charge in [0, 0.05) is 11.0 Å². The predicted molar refractivity (Wildman–Crippen MR) is 78.8 cm³/mol. The Morgan fingerprint density at radius 1 is 1.41 bits per heavy atom. The zero-order valence-electron chi connectivity index (χ0n) is 10.3. The molecule has 0 aliphatic rings. The van der Waals surface area contributed by atoms with Crippen molar-refractivity contribution in [2.45, 2.75) is 19.8 Å². The SMILES string of the molecule is CSCCCCNC(=O)c1ccc(C)cc1Br. The summed E-state index contributed by atoms with van der Waals surface area (Å²) >= 11 is 5.26. The normalized spacial score (nSPS) is 10.3. The van der Waals surface area contributed by atoms with Crippen molar-refractivity contribution in [3.63, 3.8) is 0 Å². The molecule has 4 heteroatoms. The van der Waals surface area contributed by atoms with Crippen LogP contribution >= 0.6 is 27.7 Å². The highest BCUT2D eigenvalue weighted by molar-refractivity contribution is 9.10. The molecule has 0 radical (unpaired) electrons. The van der Waals surface area contributed by atoms with E-state index in [1.165, 1.54) is 0 Å². The topological polar surface area (TPSA) is 29.1 Å². The summed E-state index contributed by atoms with van der Waals surface area (Å²) in [5, 5.41) is 2.94. The third-order valence-corrected chi connectivity index (χ3v) is 3.78. The zero-order valence-corrected chi connectivity index (χ0v) is 12.7. The van der Waals surface area contributed by atoms with E-state index in [4.69, 9.17) is 0 Å². The number of aryl methyl sites for hydroxylation is 1. The van der Waals surface area contributed by atoms with E-state index in [9.17, 15) is 4.79 Å². The highest BCUT2D eigenvalue weighted by atomic mass is 79.9. The molecule has 0 bridgehead atoms. The van der Waals surface area contributed by atoms with Crippen LogP contribution in [0.4, 0.5) is 0 Å². The van der Waals surface area contributed by atoms with Gasteiger partial charge in [0.25, 0.3) is 5.91 Å². The number of hydrogen-bond donors (Lipinski definition) is 1. The van der Waals surface area contributed by atoms with E-state index in [1.807, 2.05) is 36.9 Å². The monoisotopic (exact) mass is 315 g/mol. The van der Waals surface area contributed by atoms with E-state index >= 15 is 0 Å². The van der Waals surface area contributed by atoms with Crippen molar-refractivity contribution in [2.24, 2.45) is 0 Å². The van der Waals surface area contributed by atoms with Gasteiger partial charge in [-0.25, -0.2) is 0 Å². The molecule has 0 saturated heterocycles. The molecule has 0 fully saturated rings. The van der Waals surface area contributed by atoms with Gasteiger partial charge < -0.3 is 5.32 Å². The van der Waals surface area contributed by atoms with Gasteiger partial charge >= 0.3 is 0 Å². The first-order chi connectivity index (χ1) is 8.15. The van der Waals surface area contributed by atoms with Crippen molar-refractivity contribution in [3.8, 4) is 0 Å². The lowest BCUT2D eigenvalue weighted by molar-refractivity contribution is 0.0952. The summed E-state index contributed by atoms with van der Waals surface area (Å²) in [7, 11) is 0. The molecule has 0 unspecified atom stereocenters.